The highest BCUT2D eigenvalue weighted by Crippen LogP contribution is 2.30. The van der Waals surface area contributed by atoms with Gasteiger partial charge in [0.25, 0.3) is 11.7 Å². The maximum absolute atomic E-state index is 12.4. The minimum absolute atomic E-state index is 0.0186. The van der Waals surface area contributed by atoms with Gasteiger partial charge in [-0.05, 0) is 17.7 Å². The van der Waals surface area contributed by atoms with E-state index in [0.717, 1.165) is 6.07 Å². The topological polar surface area (TPSA) is 39.2 Å². The van der Waals surface area contributed by atoms with Gasteiger partial charge in [-0.25, -0.2) is 13.8 Å². The first-order valence-electron chi connectivity index (χ1n) is 3.69. The van der Waals surface area contributed by atoms with Crippen LogP contribution in [0, 0.1) is 0 Å². The van der Waals surface area contributed by atoms with Crippen molar-refractivity contribution in [3.05, 3.63) is 22.5 Å². The molecule has 0 amide bonds. The Balaban J connectivity index is 3.39. The second-order valence-corrected chi connectivity index (χ2v) is 3.19. The number of carbonyl (C=O) groups is 1. The Morgan fingerprint density at radius 3 is 2.60 bits per heavy atom. The lowest BCUT2D eigenvalue weighted by Crippen LogP contribution is -2.03. The summed E-state index contributed by atoms with van der Waals surface area (Å²) in [6, 6.07) is 1.03. The monoisotopic (exact) mass is 255 g/mol. The van der Waals surface area contributed by atoms with Crippen LogP contribution in [0.2, 0.25) is 5.15 Å². The van der Waals surface area contributed by atoms with Gasteiger partial charge in [0, 0.05) is 0 Å². The van der Waals surface area contributed by atoms with Crippen molar-refractivity contribution in [2.45, 2.75) is 6.43 Å². The Bertz CT molecular complexity index is 398. The van der Waals surface area contributed by atoms with Crippen molar-refractivity contribution >= 4 is 28.4 Å². The zero-order valence-corrected chi connectivity index (χ0v) is 8.94. The highest BCUT2D eigenvalue weighted by atomic mass is 35.5. The van der Waals surface area contributed by atoms with Crippen LogP contribution in [0.1, 0.15) is 22.5 Å². The van der Waals surface area contributed by atoms with Crippen LogP contribution in [0.4, 0.5) is 8.78 Å². The van der Waals surface area contributed by atoms with E-state index in [1.807, 2.05) is 0 Å². The van der Waals surface area contributed by atoms with E-state index in [4.69, 9.17) is 27.9 Å². The minimum Gasteiger partial charge on any atom is -0.493 e. The standard InChI is InChI=1S/C8H5Cl2F2NO2/c1-15-4-2-3(7(10)14)5(8(11)12)13-6(4)9/h2,8H,1H3. The van der Waals surface area contributed by atoms with E-state index in [9.17, 15) is 13.6 Å². The number of methoxy groups -OCH3 is 1. The summed E-state index contributed by atoms with van der Waals surface area (Å²) in [6.07, 6.45) is -2.92. The Labute approximate surface area is 94.0 Å². The van der Waals surface area contributed by atoms with Gasteiger partial charge in [-0.1, -0.05) is 11.6 Å². The summed E-state index contributed by atoms with van der Waals surface area (Å²) in [6.45, 7) is 0. The first kappa shape index (κ1) is 12.1. The van der Waals surface area contributed by atoms with Gasteiger partial charge in [0.2, 0.25) is 0 Å². The molecule has 15 heavy (non-hydrogen) atoms. The van der Waals surface area contributed by atoms with Crippen LogP contribution in [0.5, 0.6) is 5.75 Å². The number of halogens is 4. The summed E-state index contributed by atoms with van der Waals surface area (Å²) in [5.74, 6) is 0.0186. The molecule has 1 aromatic heterocycles. The van der Waals surface area contributed by atoms with Crippen LogP contribution in [0.25, 0.3) is 0 Å². The third-order valence-corrected chi connectivity index (χ3v) is 2.09. The molecule has 0 fully saturated rings. The molecule has 0 aliphatic heterocycles. The second-order valence-electron chi connectivity index (χ2n) is 2.49. The van der Waals surface area contributed by atoms with Crippen LogP contribution in [-0.2, 0) is 0 Å². The first-order valence-corrected chi connectivity index (χ1v) is 4.45. The maximum atomic E-state index is 12.4. The van der Waals surface area contributed by atoms with Crippen molar-refractivity contribution in [2.75, 3.05) is 7.11 Å². The number of alkyl halides is 2. The summed E-state index contributed by atoms with van der Waals surface area (Å²) in [7, 11) is 1.27. The number of carbonyl (C=O) groups excluding carboxylic acids is 1. The molecular weight excluding hydrogens is 251 g/mol. The summed E-state index contributed by atoms with van der Waals surface area (Å²) >= 11 is 10.6. The third-order valence-electron chi connectivity index (χ3n) is 1.61. The van der Waals surface area contributed by atoms with Gasteiger partial charge in [-0.2, -0.15) is 0 Å². The molecule has 0 spiro atoms. The lowest BCUT2D eigenvalue weighted by molar-refractivity contribution is 0.106. The highest BCUT2D eigenvalue weighted by Gasteiger charge is 2.22. The molecule has 0 saturated heterocycles. The Morgan fingerprint density at radius 1 is 1.60 bits per heavy atom. The number of aromatic nitrogens is 1. The molecule has 0 saturated carbocycles. The fourth-order valence-corrected chi connectivity index (χ4v) is 1.33. The first-order chi connectivity index (χ1) is 6.97. The van der Waals surface area contributed by atoms with E-state index < -0.39 is 22.9 Å². The largest absolute Gasteiger partial charge is 0.493 e. The molecule has 0 N–H and O–H groups in total. The highest BCUT2D eigenvalue weighted by molar-refractivity contribution is 6.68. The van der Waals surface area contributed by atoms with Crippen molar-refractivity contribution < 1.29 is 18.3 Å². The number of hydrogen-bond donors (Lipinski definition) is 0. The van der Waals surface area contributed by atoms with Gasteiger partial charge >= 0.3 is 0 Å². The van der Waals surface area contributed by atoms with Gasteiger partial charge in [-0.3, -0.25) is 4.79 Å². The molecule has 0 atom stereocenters. The molecule has 82 valence electrons. The Morgan fingerprint density at radius 2 is 2.20 bits per heavy atom. The lowest BCUT2D eigenvalue weighted by Gasteiger charge is -2.08. The average molecular weight is 256 g/mol. The van der Waals surface area contributed by atoms with Gasteiger partial charge in [0.05, 0.1) is 12.7 Å². The van der Waals surface area contributed by atoms with Crippen LogP contribution < -0.4 is 4.74 Å². The van der Waals surface area contributed by atoms with Crippen molar-refractivity contribution in [3.63, 3.8) is 0 Å². The summed E-state index contributed by atoms with van der Waals surface area (Å²) in [5, 5.41) is -1.28. The van der Waals surface area contributed by atoms with Crippen molar-refractivity contribution in [1.29, 1.82) is 0 Å². The van der Waals surface area contributed by atoms with Crippen molar-refractivity contribution in [3.8, 4) is 5.75 Å². The number of ether oxygens (including phenoxy) is 1. The van der Waals surface area contributed by atoms with E-state index in [0.29, 0.717) is 0 Å². The Hall–Kier alpha value is -0.940. The second kappa shape index (κ2) is 4.72. The van der Waals surface area contributed by atoms with Crippen molar-refractivity contribution in [2.24, 2.45) is 0 Å². The van der Waals surface area contributed by atoms with E-state index in [1.165, 1.54) is 7.11 Å². The van der Waals surface area contributed by atoms with Crippen LogP contribution in [-0.4, -0.2) is 17.3 Å². The molecule has 0 radical (unpaired) electrons. The fourth-order valence-electron chi connectivity index (χ4n) is 0.953. The normalized spacial score (nSPS) is 10.5. The summed E-state index contributed by atoms with van der Waals surface area (Å²) in [4.78, 5) is 14.2. The zero-order valence-electron chi connectivity index (χ0n) is 7.43. The predicted molar refractivity (Wildman–Crippen MR) is 50.9 cm³/mol. The van der Waals surface area contributed by atoms with Crippen LogP contribution >= 0.6 is 23.2 Å². The molecule has 0 aliphatic rings. The fraction of sp³-hybridized carbons (Fsp3) is 0.250. The summed E-state index contributed by atoms with van der Waals surface area (Å²) < 4.78 is 29.6. The number of rotatable bonds is 3. The van der Waals surface area contributed by atoms with E-state index in [2.05, 4.69) is 4.98 Å². The van der Waals surface area contributed by atoms with E-state index >= 15 is 0 Å². The molecule has 3 nitrogen and oxygen atoms in total. The molecule has 0 unspecified atom stereocenters. The average Bonchev–Trinajstić information content (AvgIpc) is 2.16. The number of hydrogen-bond acceptors (Lipinski definition) is 3. The van der Waals surface area contributed by atoms with Gasteiger partial charge in [-0.15, -0.1) is 0 Å². The molecule has 7 heteroatoms. The quantitative estimate of drug-likeness (QED) is 0.616. The van der Waals surface area contributed by atoms with Gasteiger partial charge in [0.1, 0.15) is 5.69 Å². The maximum Gasteiger partial charge on any atom is 0.281 e. The molecule has 1 rings (SSSR count). The van der Waals surface area contributed by atoms with Gasteiger partial charge in [0.15, 0.2) is 10.9 Å². The molecule has 0 aromatic carbocycles. The predicted octanol–water partition coefficient (Wildman–Crippen LogP) is 3.06. The van der Waals surface area contributed by atoms with E-state index in [1.54, 1.807) is 0 Å². The molecule has 0 bridgehead atoms. The molecule has 1 heterocycles. The minimum atomic E-state index is -2.92. The smallest absolute Gasteiger partial charge is 0.281 e. The van der Waals surface area contributed by atoms with Gasteiger partial charge < -0.3 is 4.74 Å². The molecular formula is C8H5Cl2F2NO2. The lowest BCUT2D eigenvalue weighted by atomic mass is 10.2. The molecule has 0 aliphatic carbocycles. The van der Waals surface area contributed by atoms with Crippen LogP contribution in [0.15, 0.2) is 6.07 Å². The molecule has 1 aromatic rings. The zero-order chi connectivity index (χ0) is 11.6. The third kappa shape index (κ3) is 2.54. The van der Waals surface area contributed by atoms with Crippen molar-refractivity contribution in [1.82, 2.24) is 4.98 Å². The Kier molecular flexibility index (Phi) is 3.82. The summed E-state index contributed by atoms with van der Waals surface area (Å²) in [5.41, 5.74) is -1.16. The van der Waals surface area contributed by atoms with Crippen LogP contribution in [0.3, 0.4) is 0 Å². The SMILES string of the molecule is COc1cc(C(=O)Cl)c(C(F)F)nc1Cl. The van der Waals surface area contributed by atoms with E-state index in [-0.39, 0.29) is 10.9 Å². The number of pyridine rings is 1. The number of nitrogens with zero attached hydrogens (tertiary/aromatic N) is 1.